The maximum Gasteiger partial charge on any atom is 0.176 e. The molecule has 0 spiro atoms. The highest BCUT2D eigenvalue weighted by Gasteiger charge is 2.46. The van der Waals surface area contributed by atoms with Crippen LogP contribution in [-0.4, -0.2) is 42.4 Å². The molecule has 1 N–H and O–H groups in total. The summed E-state index contributed by atoms with van der Waals surface area (Å²) in [7, 11) is 1.75. The normalized spacial score (nSPS) is 27.6. The summed E-state index contributed by atoms with van der Waals surface area (Å²) in [5.74, 6) is 7.05. The first-order valence-electron chi connectivity index (χ1n) is 9.31. The Kier molecular flexibility index (Phi) is 4.58. The number of methoxy groups -OCH3 is 1. The summed E-state index contributed by atoms with van der Waals surface area (Å²) >= 11 is 0. The van der Waals surface area contributed by atoms with Crippen molar-refractivity contribution in [2.45, 2.75) is 24.0 Å². The molecular weight excluding hydrogens is 322 g/mol. The predicted octanol–water partition coefficient (Wildman–Crippen LogP) is 3.04. The van der Waals surface area contributed by atoms with Crippen LogP contribution in [0.25, 0.3) is 0 Å². The van der Waals surface area contributed by atoms with Gasteiger partial charge in [-0.3, -0.25) is 4.90 Å². The van der Waals surface area contributed by atoms with Gasteiger partial charge in [0.05, 0.1) is 0 Å². The van der Waals surface area contributed by atoms with E-state index in [9.17, 15) is 5.11 Å². The van der Waals surface area contributed by atoms with E-state index < -0.39 is 11.2 Å². The average Bonchev–Trinajstić information content (AvgIpc) is 2.74. The highest BCUT2D eigenvalue weighted by atomic mass is 16.5. The summed E-state index contributed by atoms with van der Waals surface area (Å²) in [4.78, 5) is 2.42. The second-order valence-corrected chi connectivity index (χ2v) is 7.34. The van der Waals surface area contributed by atoms with Crippen LogP contribution < -0.4 is 0 Å². The Bertz CT molecular complexity index is 761. The third-order valence-corrected chi connectivity index (χ3v) is 5.91. The van der Waals surface area contributed by atoms with Crippen molar-refractivity contribution >= 4 is 0 Å². The van der Waals surface area contributed by atoms with Gasteiger partial charge in [0.2, 0.25) is 0 Å². The zero-order valence-electron chi connectivity index (χ0n) is 15.2. The molecule has 2 aromatic carbocycles. The van der Waals surface area contributed by atoms with Gasteiger partial charge in [-0.15, -0.1) is 0 Å². The van der Waals surface area contributed by atoms with E-state index in [-0.39, 0.29) is 0 Å². The fraction of sp³-hybridized carbons (Fsp3) is 0.391. The van der Waals surface area contributed by atoms with Crippen LogP contribution in [0, 0.1) is 17.8 Å². The summed E-state index contributed by atoms with van der Waals surface area (Å²) in [6.07, 6.45) is 2.22. The van der Waals surface area contributed by atoms with E-state index >= 15 is 0 Å². The molecule has 2 aromatic rings. The molecule has 3 saturated heterocycles. The second kappa shape index (κ2) is 6.89. The van der Waals surface area contributed by atoms with Gasteiger partial charge in [-0.1, -0.05) is 72.5 Å². The smallest absolute Gasteiger partial charge is 0.176 e. The number of benzene rings is 2. The third kappa shape index (κ3) is 2.95. The van der Waals surface area contributed by atoms with Crippen molar-refractivity contribution in [3.63, 3.8) is 0 Å². The van der Waals surface area contributed by atoms with Crippen LogP contribution in [0.2, 0.25) is 0 Å². The lowest BCUT2D eigenvalue weighted by Gasteiger charge is -2.49. The highest BCUT2D eigenvalue weighted by Crippen LogP contribution is 2.38. The lowest BCUT2D eigenvalue weighted by atomic mass is 9.75. The zero-order chi connectivity index (χ0) is 18.0. The number of hydrogen-bond donors (Lipinski definition) is 1. The van der Waals surface area contributed by atoms with E-state index in [1.165, 1.54) is 0 Å². The summed E-state index contributed by atoms with van der Waals surface area (Å²) in [6.45, 7) is 3.07. The van der Waals surface area contributed by atoms with Crippen molar-refractivity contribution in [1.82, 2.24) is 4.90 Å². The molecule has 134 valence electrons. The van der Waals surface area contributed by atoms with Gasteiger partial charge in [-0.2, -0.15) is 0 Å². The fourth-order valence-corrected chi connectivity index (χ4v) is 4.31. The SMILES string of the molecule is CO[C@]1(C#CC(O)(c2ccccc2)c2ccccc2)CN2CCC1CC2. The van der Waals surface area contributed by atoms with E-state index in [0.717, 1.165) is 43.6 Å². The molecule has 3 nitrogen and oxygen atoms in total. The zero-order valence-corrected chi connectivity index (χ0v) is 15.2. The summed E-state index contributed by atoms with van der Waals surface area (Å²) in [5.41, 5.74) is -0.272. The minimum Gasteiger partial charge on any atom is -0.369 e. The van der Waals surface area contributed by atoms with Gasteiger partial charge in [0.25, 0.3) is 0 Å². The summed E-state index contributed by atoms with van der Waals surface area (Å²) < 4.78 is 5.95. The van der Waals surface area contributed by atoms with Crippen molar-refractivity contribution in [3.05, 3.63) is 71.8 Å². The first kappa shape index (κ1) is 17.3. The van der Waals surface area contributed by atoms with Gasteiger partial charge in [0.15, 0.2) is 5.60 Å². The Labute approximate surface area is 155 Å². The molecule has 0 unspecified atom stereocenters. The predicted molar refractivity (Wildman–Crippen MR) is 103 cm³/mol. The topological polar surface area (TPSA) is 32.7 Å². The molecule has 3 heteroatoms. The largest absolute Gasteiger partial charge is 0.369 e. The number of aliphatic hydroxyl groups is 1. The quantitative estimate of drug-likeness (QED) is 0.867. The standard InChI is InChI=1S/C23H25NO2/c1-26-22(18-24-16-12-19(22)13-17-24)14-15-23(25,20-8-4-2-5-9-20)21-10-6-3-7-11-21/h2-11,19,25H,12-13,16-18H2,1H3/t22-/m1/s1. The number of fused-ring (bicyclic) bond motifs is 3. The molecule has 0 aliphatic carbocycles. The Morgan fingerprint density at radius 2 is 1.54 bits per heavy atom. The maximum absolute atomic E-state index is 11.6. The molecular formula is C23H25NO2. The van der Waals surface area contributed by atoms with Crippen molar-refractivity contribution in [1.29, 1.82) is 0 Å². The second-order valence-electron chi connectivity index (χ2n) is 7.34. The van der Waals surface area contributed by atoms with Gasteiger partial charge in [-0.05, 0) is 25.9 Å². The first-order valence-corrected chi connectivity index (χ1v) is 9.31. The van der Waals surface area contributed by atoms with Crippen LogP contribution >= 0.6 is 0 Å². The Morgan fingerprint density at radius 1 is 1.00 bits per heavy atom. The van der Waals surface area contributed by atoms with Crippen LogP contribution in [-0.2, 0) is 10.3 Å². The number of rotatable bonds is 3. The molecule has 1 atom stereocenters. The van der Waals surface area contributed by atoms with Crippen molar-refractivity contribution in [2.75, 3.05) is 26.7 Å². The molecule has 3 aliphatic rings. The molecule has 3 heterocycles. The molecule has 3 fully saturated rings. The minimum absolute atomic E-state index is 0.431. The molecule has 26 heavy (non-hydrogen) atoms. The van der Waals surface area contributed by atoms with E-state index in [4.69, 9.17) is 4.74 Å². The van der Waals surface area contributed by atoms with Crippen molar-refractivity contribution < 1.29 is 9.84 Å². The maximum atomic E-state index is 11.6. The van der Waals surface area contributed by atoms with Crippen LogP contribution in [0.4, 0.5) is 0 Å². The third-order valence-electron chi connectivity index (χ3n) is 5.91. The number of piperidine rings is 3. The molecule has 5 rings (SSSR count). The Morgan fingerprint density at radius 3 is 1.96 bits per heavy atom. The number of nitrogens with zero attached hydrogens (tertiary/aromatic N) is 1. The van der Waals surface area contributed by atoms with Crippen LogP contribution in [0.5, 0.6) is 0 Å². The van der Waals surface area contributed by atoms with Crippen LogP contribution in [0.3, 0.4) is 0 Å². The van der Waals surface area contributed by atoms with E-state index in [1.54, 1.807) is 7.11 Å². The van der Waals surface area contributed by atoms with E-state index in [2.05, 4.69) is 16.7 Å². The fourth-order valence-electron chi connectivity index (χ4n) is 4.31. The van der Waals surface area contributed by atoms with E-state index in [1.807, 2.05) is 60.7 Å². The minimum atomic E-state index is -1.35. The van der Waals surface area contributed by atoms with Crippen LogP contribution in [0.1, 0.15) is 24.0 Å². The molecule has 0 radical (unpaired) electrons. The lowest BCUT2D eigenvalue weighted by molar-refractivity contribution is -0.0964. The first-order chi connectivity index (χ1) is 12.7. The lowest BCUT2D eigenvalue weighted by Crippen LogP contribution is -2.59. The van der Waals surface area contributed by atoms with Gasteiger partial charge < -0.3 is 9.84 Å². The van der Waals surface area contributed by atoms with Gasteiger partial charge in [-0.25, -0.2) is 0 Å². The van der Waals surface area contributed by atoms with Crippen molar-refractivity contribution in [3.8, 4) is 11.8 Å². The summed E-state index contributed by atoms with van der Waals surface area (Å²) in [6, 6.07) is 19.4. The van der Waals surface area contributed by atoms with Gasteiger partial charge in [0.1, 0.15) is 5.60 Å². The van der Waals surface area contributed by atoms with Gasteiger partial charge in [0, 0.05) is 30.7 Å². The van der Waals surface area contributed by atoms with Gasteiger partial charge >= 0.3 is 0 Å². The Balaban J connectivity index is 1.79. The molecule has 0 amide bonds. The molecule has 3 aliphatic heterocycles. The highest BCUT2D eigenvalue weighted by molar-refractivity contribution is 5.45. The molecule has 0 aromatic heterocycles. The Hall–Kier alpha value is -2.12. The number of ether oxygens (including phenoxy) is 1. The number of hydrogen-bond acceptors (Lipinski definition) is 3. The monoisotopic (exact) mass is 347 g/mol. The summed E-state index contributed by atoms with van der Waals surface area (Å²) in [5, 5.41) is 11.6. The van der Waals surface area contributed by atoms with Crippen molar-refractivity contribution in [2.24, 2.45) is 5.92 Å². The molecule has 2 bridgehead atoms. The van der Waals surface area contributed by atoms with Crippen LogP contribution in [0.15, 0.2) is 60.7 Å². The van der Waals surface area contributed by atoms with E-state index in [0.29, 0.717) is 5.92 Å². The average molecular weight is 347 g/mol. The molecule has 0 saturated carbocycles.